The zero-order valence-electron chi connectivity index (χ0n) is 15.4. The Bertz CT molecular complexity index is 769. The van der Waals surface area contributed by atoms with Crippen LogP contribution < -0.4 is 10.5 Å². The highest BCUT2D eigenvalue weighted by molar-refractivity contribution is 5.76. The molecule has 0 radical (unpaired) electrons. The highest BCUT2D eigenvalue weighted by Gasteiger charge is 2.22. The third-order valence-electron chi connectivity index (χ3n) is 3.58. The van der Waals surface area contributed by atoms with Gasteiger partial charge in [0.2, 0.25) is 0 Å². The molecule has 0 aliphatic rings. The molecule has 136 valence electrons. The van der Waals surface area contributed by atoms with Gasteiger partial charge < -0.3 is 15.2 Å². The summed E-state index contributed by atoms with van der Waals surface area (Å²) in [6, 6.07) is 16.1. The maximum Gasteiger partial charge on any atom is 0.323 e. The second kappa shape index (κ2) is 8.50. The van der Waals surface area contributed by atoms with E-state index in [1.54, 1.807) is 12.1 Å². The first-order valence-electron chi connectivity index (χ1n) is 8.46. The first-order chi connectivity index (χ1) is 12.3. The van der Waals surface area contributed by atoms with Gasteiger partial charge in [-0.3, -0.25) is 4.79 Å². The summed E-state index contributed by atoms with van der Waals surface area (Å²) in [6.07, 6.45) is 0.408. The molecule has 0 aliphatic carbocycles. The fraction of sp³-hybridized carbons (Fsp3) is 0.333. The average molecular weight is 352 g/mol. The Kier molecular flexibility index (Phi) is 6.37. The largest absolute Gasteiger partial charge is 0.489 e. The van der Waals surface area contributed by atoms with E-state index in [1.807, 2.05) is 57.2 Å². The summed E-state index contributed by atoms with van der Waals surface area (Å²) in [6.45, 7) is 5.87. The number of esters is 1. The molecule has 5 heteroatoms. The van der Waals surface area contributed by atoms with Crippen molar-refractivity contribution in [3.05, 3.63) is 65.2 Å². The molecule has 0 fully saturated rings. The summed E-state index contributed by atoms with van der Waals surface area (Å²) < 4.78 is 11.0. The molecule has 0 bridgehead atoms. The van der Waals surface area contributed by atoms with Crippen molar-refractivity contribution in [2.24, 2.45) is 5.73 Å². The highest BCUT2D eigenvalue weighted by Crippen LogP contribution is 2.16. The Morgan fingerprint density at radius 1 is 1.08 bits per heavy atom. The van der Waals surface area contributed by atoms with Gasteiger partial charge in [0.25, 0.3) is 0 Å². The van der Waals surface area contributed by atoms with Crippen LogP contribution in [-0.4, -0.2) is 17.6 Å². The smallest absolute Gasteiger partial charge is 0.323 e. The van der Waals surface area contributed by atoms with Crippen molar-refractivity contribution < 1.29 is 14.3 Å². The Balaban J connectivity index is 1.87. The minimum atomic E-state index is -0.695. The van der Waals surface area contributed by atoms with Crippen LogP contribution in [0.3, 0.4) is 0 Å². The van der Waals surface area contributed by atoms with Crippen molar-refractivity contribution in [2.45, 2.75) is 45.4 Å². The van der Waals surface area contributed by atoms with E-state index in [0.29, 0.717) is 18.6 Å². The molecular formula is C21H24N2O3. The highest BCUT2D eigenvalue weighted by atomic mass is 16.6. The number of rotatable bonds is 6. The monoisotopic (exact) mass is 352 g/mol. The topological polar surface area (TPSA) is 85.3 Å². The van der Waals surface area contributed by atoms with Crippen LogP contribution in [-0.2, 0) is 22.6 Å². The average Bonchev–Trinajstić information content (AvgIpc) is 2.60. The number of benzene rings is 2. The van der Waals surface area contributed by atoms with Crippen molar-refractivity contribution in [1.29, 1.82) is 5.26 Å². The zero-order valence-corrected chi connectivity index (χ0v) is 15.4. The number of carbonyl (C=O) groups is 1. The lowest BCUT2D eigenvalue weighted by Crippen LogP contribution is -2.38. The van der Waals surface area contributed by atoms with E-state index >= 15 is 0 Å². The SMILES string of the molecule is CC(C)(C)OC(=O)[C@@H](N)Cc1ccc(OCc2ccc(C#N)cc2)cc1. The summed E-state index contributed by atoms with van der Waals surface area (Å²) >= 11 is 0. The van der Waals surface area contributed by atoms with Crippen LogP contribution in [0, 0.1) is 11.3 Å². The van der Waals surface area contributed by atoms with Gasteiger partial charge in [0, 0.05) is 0 Å². The van der Waals surface area contributed by atoms with Gasteiger partial charge in [0.1, 0.15) is 24.0 Å². The van der Waals surface area contributed by atoms with Crippen LogP contribution in [0.2, 0.25) is 0 Å². The van der Waals surface area contributed by atoms with Crippen molar-refractivity contribution in [2.75, 3.05) is 0 Å². The number of carbonyl (C=O) groups excluding carboxylic acids is 1. The third-order valence-corrected chi connectivity index (χ3v) is 3.58. The predicted molar refractivity (Wildman–Crippen MR) is 99.5 cm³/mol. The number of hydrogen-bond donors (Lipinski definition) is 1. The summed E-state index contributed by atoms with van der Waals surface area (Å²) in [7, 11) is 0. The molecule has 0 aromatic heterocycles. The molecule has 5 nitrogen and oxygen atoms in total. The van der Waals surface area contributed by atoms with Crippen LogP contribution in [0.5, 0.6) is 5.75 Å². The third kappa shape index (κ3) is 6.23. The van der Waals surface area contributed by atoms with Crippen molar-refractivity contribution in [3.8, 4) is 11.8 Å². The molecule has 2 rings (SSSR count). The first kappa shape index (κ1) is 19.5. The van der Waals surface area contributed by atoms with E-state index < -0.39 is 17.6 Å². The lowest BCUT2D eigenvalue weighted by Gasteiger charge is -2.22. The number of ether oxygens (including phenoxy) is 2. The molecule has 0 amide bonds. The first-order valence-corrected chi connectivity index (χ1v) is 8.46. The van der Waals surface area contributed by atoms with E-state index in [0.717, 1.165) is 16.9 Å². The summed E-state index contributed by atoms with van der Waals surface area (Å²) in [5, 5.41) is 8.80. The van der Waals surface area contributed by atoms with E-state index in [4.69, 9.17) is 20.5 Å². The number of hydrogen-bond acceptors (Lipinski definition) is 5. The lowest BCUT2D eigenvalue weighted by atomic mass is 10.1. The molecular weight excluding hydrogens is 328 g/mol. The van der Waals surface area contributed by atoms with Crippen LogP contribution in [0.15, 0.2) is 48.5 Å². The normalized spacial score (nSPS) is 12.1. The molecule has 1 atom stereocenters. The predicted octanol–water partition coefficient (Wildman–Crippen LogP) is 3.35. The Morgan fingerprint density at radius 2 is 1.65 bits per heavy atom. The number of nitrogens with zero attached hydrogens (tertiary/aromatic N) is 1. The molecule has 0 heterocycles. The molecule has 26 heavy (non-hydrogen) atoms. The van der Waals surface area contributed by atoms with Gasteiger partial charge in [-0.1, -0.05) is 24.3 Å². The molecule has 2 aromatic rings. The second-order valence-corrected chi connectivity index (χ2v) is 7.09. The molecule has 0 aliphatic heterocycles. The minimum absolute atomic E-state index is 0.404. The molecule has 0 spiro atoms. The number of nitriles is 1. The number of nitrogens with two attached hydrogens (primary N) is 1. The van der Waals surface area contributed by atoms with Gasteiger partial charge in [-0.15, -0.1) is 0 Å². The van der Waals surface area contributed by atoms with E-state index in [-0.39, 0.29) is 0 Å². The standard InChI is InChI=1S/C21H24N2O3/c1-21(2,3)26-20(24)19(23)12-15-8-10-18(11-9-15)25-14-17-6-4-16(13-22)5-7-17/h4-11,19H,12,14,23H2,1-3H3/t19-/m0/s1. The van der Waals surface area contributed by atoms with Gasteiger partial charge in [0.15, 0.2) is 0 Å². The lowest BCUT2D eigenvalue weighted by molar-refractivity contribution is -0.156. The Hall–Kier alpha value is -2.84. The summed E-state index contributed by atoms with van der Waals surface area (Å²) in [5.74, 6) is 0.322. The molecule has 0 unspecified atom stereocenters. The van der Waals surface area contributed by atoms with Crippen LogP contribution in [0.25, 0.3) is 0 Å². The molecule has 2 N–H and O–H groups in total. The minimum Gasteiger partial charge on any atom is -0.489 e. The maximum absolute atomic E-state index is 11.9. The van der Waals surface area contributed by atoms with Crippen molar-refractivity contribution >= 4 is 5.97 Å². The van der Waals surface area contributed by atoms with Crippen molar-refractivity contribution in [1.82, 2.24) is 0 Å². The van der Waals surface area contributed by atoms with Gasteiger partial charge in [-0.2, -0.15) is 5.26 Å². The Morgan fingerprint density at radius 3 is 2.19 bits per heavy atom. The van der Waals surface area contributed by atoms with E-state index in [1.165, 1.54) is 0 Å². The van der Waals surface area contributed by atoms with Gasteiger partial charge in [-0.05, 0) is 62.6 Å². The van der Waals surface area contributed by atoms with Gasteiger partial charge in [-0.25, -0.2) is 0 Å². The fourth-order valence-corrected chi connectivity index (χ4v) is 2.28. The molecule has 0 saturated carbocycles. The summed E-state index contributed by atoms with van der Waals surface area (Å²) in [4.78, 5) is 11.9. The maximum atomic E-state index is 11.9. The summed E-state index contributed by atoms with van der Waals surface area (Å²) in [5.41, 5.74) is 7.93. The second-order valence-electron chi connectivity index (χ2n) is 7.09. The fourth-order valence-electron chi connectivity index (χ4n) is 2.28. The van der Waals surface area contributed by atoms with Crippen LogP contribution >= 0.6 is 0 Å². The zero-order chi connectivity index (χ0) is 19.2. The van der Waals surface area contributed by atoms with Gasteiger partial charge >= 0.3 is 5.97 Å². The van der Waals surface area contributed by atoms with Crippen molar-refractivity contribution in [3.63, 3.8) is 0 Å². The van der Waals surface area contributed by atoms with Gasteiger partial charge in [0.05, 0.1) is 11.6 Å². The van der Waals surface area contributed by atoms with Crippen LogP contribution in [0.4, 0.5) is 0 Å². The molecule has 0 saturated heterocycles. The van der Waals surface area contributed by atoms with E-state index in [2.05, 4.69) is 6.07 Å². The molecule has 2 aromatic carbocycles. The van der Waals surface area contributed by atoms with Crippen LogP contribution in [0.1, 0.15) is 37.5 Å². The Labute approximate surface area is 154 Å². The van der Waals surface area contributed by atoms with E-state index in [9.17, 15) is 4.79 Å². The quantitative estimate of drug-likeness (QED) is 0.806.